The van der Waals surface area contributed by atoms with E-state index in [9.17, 15) is 13.2 Å². The van der Waals surface area contributed by atoms with Crippen molar-refractivity contribution in [1.82, 2.24) is 14.6 Å². The van der Waals surface area contributed by atoms with Crippen molar-refractivity contribution in [3.05, 3.63) is 60.3 Å². The molecule has 0 atom stereocenters. The van der Waals surface area contributed by atoms with Crippen molar-refractivity contribution in [2.75, 3.05) is 24.3 Å². The summed E-state index contributed by atoms with van der Waals surface area (Å²) in [4.78, 5) is 6.98. The number of halogens is 3. The molecule has 0 aliphatic rings. The molecule has 30 heavy (non-hydrogen) atoms. The Labute approximate surface area is 174 Å². The summed E-state index contributed by atoms with van der Waals surface area (Å²) in [5, 5.41) is 8.44. The van der Waals surface area contributed by atoms with E-state index >= 15 is 0 Å². The quantitative estimate of drug-likeness (QED) is 0.462. The fraction of sp³-hybridized carbons (Fsp3) is 0.200. The zero-order valence-electron chi connectivity index (χ0n) is 16.1. The molecule has 0 unspecified atom stereocenters. The Hall–Kier alpha value is -3.27. The number of aromatic nitrogens is 3. The summed E-state index contributed by atoms with van der Waals surface area (Å²) in [5.41, 5.74) is 3.33. The third-order valence-corrected chi connectivity index (χ3v) is 5.23. The van der Waals surface area contributed by atoms with Crippen LogP contribution in [-0.2, 0) is 6.54 Å². The molecule has 2 aromatic heterocycles. The average Bonchev–Trinajstić information content (AvgIpc) is 3.26. The van der Waals surface area contributed by atoms with Gasteiger partial charge in [0.2, 0.25) is 10.1 Å². The molecule has 1 N–H and O–H groups in total. The molecule has 10 heteroatoms. The maximum absolute atomic E-state index is 12.5. The molecule has 2 aromatic carbocycles. The lowest BCUT2D eigenvalue weighted by Crippen LogP contribution is -2.17. The molecule has 0 aliphatic carbocycles. The number of ether oxygens (including phenoxy) is 1. The van der Waals surface area contributed by atoms with E-state index in [2.05, 4.69) is 20.1 Å². The lowest BCUT2D eigenvalue weighted by Gasteiger charge is -2.12. The van der Waals surface area contributed by atoms with Gasteiger partial charge in [-0.05, 0) is 29.8 Å². The van der Waals surface area contributed by atoms with Gasteiger partial charge in [-0.25, -0.2) is 9.50 Å². The second-order valence-corrected chi connectivity index (χ2v) is 7.69. The van der Waals surface area contributed by atoms with Gasteiger partial charge in [0.05, 0.1) is 11.9 Å². The van der Waals surface area contributed by atoms with Crippen molar-refractivity contribution >= 4 is 27.1 Å². The minimum atomic E-state index is -4.74. The Morgan fingerprint density at radius 1 is 1.13 bits per heavy atom. The minimum absolute atomic E-state index is 0.287. The maximum atomic E-state index is 12.5. The number of alkyl halides is 3. The Morgan fingerprint density at radius 3 is 2.60 bits per heavy atom. The van der Waals surface area contributed by atoms with Crippen LogP contribution in [0.5, 0.6) is 5.75 Å². The van der Waals surface area contributed by atoms with Crippen molar-refractivity contribution in [2.45, 2.75) is 12.9 Å². The van der Waals surface area contributed by atoms with Gasteiger partial charge >= 0.3 is 6.36 Å². The van der Waals surface area contributed by atoms with Crippen LogP contribution in [0.15, 0.2) is 54.7 Å². The van der Waals surface area contributed by atoms with Crippen LogP contribution < -0.4 is 15.0 Å². The Bertz CT molecular complexity index is 1150. The minimum Gasteiger partial charge on any atom is -0.406 e. The maximum Gasteiger partial charge on any atom is 0.573 e. The predicted octanol–water partition coefficient (Wildman–Crippen LogP) is 5.03. The molecule has 6 nitrogen and oxygen atoms in total. The monoisotopic (exact) mass is 433 g/mol. The van der Waals surface area contributed by atoms with Gasteiger partial charge in [-0.2, -0.15) is 0 Å². The Kier molecular flexibility index (Phi) is 5.25. The van der Waals surface area contributed by atoms with Gasteiger partial charge < -0.3 is 15.0 Å². The molecule has 156 valence electrons. The third kappa shape index (κ3) is 4.48. The average molecular weight is 433 g/mol. The van der Waals surface area contributed by atoms with E-state index in [1.165, 1.54) is 29.5 Å². The van der Waals surface area contributed by atoms with E-state index in [4.69, 9.17) is 0 Å². The van der Waals surface area contributed by atoms with Crippen LogP contribution in [0, 0.1) is 0 Å². The second kappa shape index (κ2) is 7.86. The molecular formula is C20H18F3N5OS. The number of nitrogens with one attached hydrogen (secondary N) is 1. The summed E-state index contributed by atoms with van der Waals surface area (Å²) in [5.74, 6) is -0.287. The zero-order valence-corrected chi connectivity index (χ0v) is 17.0. The van der Waals surface area contributed by atoms with E-state index in [0.29, 0.717) is 27.9 Å². The van der Waals surface area contributed by atoms with Crippen LogP contribution in [0.3, 0.4) is 0 Å². The fourth-order valence-electron chi connectivity index (χ4n) is 2.90. The van der Waals surface area contributed by atoms with Crippen LogP contribution >= 0.6 is 11.3 Å². The number of nitrogens with zero attached hydrogens (tertiary/aromatic N) is 4. The normalized spacial score (nSPS) is 11.6. The Morgan fingerprint density at radius 2 is 1.90 bits per heavy atom. The highest BCUT2D eigenvalue weighted by molar-refractivity contribution is 7.20. The first kappa shape index (κ1) is 20.0. The van der Waals surface area contributed by atoms with Crippen LogP contribution in [0.1, 0.15) is 5.56 Å². The van der Waals surface area contributed by atoms with E-state index in [1.807, 2.05) is 43.3 Å². The van der Waals surface area contributed by atoms with E-state index in [-0.39, 0.29) is 5.75 Å². The molecule has 4 aromatic rings. The number of hydrogen-bond acceptors (Lipinski definition) is 6. The van der Waals surface area contributed by atoms with Crippen LogP contribution in [-0.4, -0.2) is 35.1 Å². The summed E-state index contributed by atoms with van der Waals surface area (Å²) in [6.07, 6.45) is -3.16. The van der Waals surface area contributed by atoms with Crippen LogP contribution in [0.4, 0.5) is 24.0 Å². The molecule has 0 radical (unpaired) electrons. The summed E-state index contributed by atoms with van der Waals surface area (Å²) >= 11 is 1.36. The van der Waals surface area contributed by atoms with Crippen molar-refractivity contribution in [2.24, 2.45) is 0 Å². The van der Waals surface area contributed by atoms with E-state index in [0.717, 1.165) is 11.3 Å². The van der Waals surface area contributed by atoms with Crippen molar-refractivity contribution in [3.8, 4) is 17.0 Å². The van der Waals surface area contributed by atoms with Gasteiger partial charge in [0, 0.05) is 31.9 Å². The van der Waals surface area contributed by atoms with Gasteiger partial charge in [-0.15, -0.1) is 18.3 Å². The number of benzene rings is 2. The summed E-state index contributed by atoms with van der Waals surface area (Å²) < 4.78 is 43.1. The fourth-order valence-corrected chi connectivity index (χ4v) is 3.67. The number of rotatable bonds is 6. The van der Waals surface area contributed by atoms with Gasteiger partial charge in [-0.3, -0.25) is 0 Å². The molecule has 2 heterocycles. The zero-order chi connectivity index (χ0) is 21.3. The summed E-state index contributed by atoms with van der Waals surface area (Å²) in [6.45, 7) is 0.592. The lowest BCUT2D eigenvalue weighted by atomic mass is 10.1. The molecule has 0 saturated heterocycles. The molecule has 4 rings (SSSR count). The van der Waals surface area contributed by atoms with Gasteiger partial charge in [-0.1, -0.05) is 35.6 Å². The standard InChI is InChI=1S/C20H18F3N5OS/c1-27(2)15-8-6-13(7-9-15)11-24-18-26-28-17(12-25-19(28)30-18)14-4-3-5-16(10-14)29-20(21,22)23/h3-10,12H,11H2,1-2H3,(H,24,26). The first-order chi connectivity index (χ1) is 14.3. The number of hydrogen-bond donors (Lipinski definition) is 1. The molecule has 0 aliphatic heterocycles. The van der Waals surface area contributed by atoms with Crippen molar-refractivity contribution < 1.29 is 17.9 Å². The number of anilines is 2. The highest BCUT2D eigenvalue weighted by Gasteiger charge is 2.31. The third-order valence-electron chi connectivity index (χ3n) is 4.35. The largest absolute Gasteiger partial charge is 0.573 e. The molecule has 0 spiro atoms. The van der Waals surface area contributed by atoms with E-state index in [1.54, 1.807) is 16.8 Å². The lowest BCUT2D eigenvalue weighted by molar-refractivity contribution is -0.274. The number of fused-ring (bicyclic) bond motifs is 1. The second-order valence-electron chi connectivity index (χ2n) is 6.74. The van der Waals surface area contributed by atoms with Crippen LogP contribution in [0.2, 0.25) is 0 Å². The molecule has 0 saturated carbocycles. The van der Waals surface area contributed by atoms with Crippen LogP contribution in [0.25, 0.3) is 16.2 Å². The molecule has 0 amide bonds. The first-order valence-corrected chi connectivity index (χ1v) is 9.81. The summed E-state index contributed by atoms with van der Waals surface area (Å²) in [7, 11) is 3.97. The molecule has 0 fully saturated rings. The smallest absolute Gasteiger partial charge is 0.406 e. The SMILES string of the molecule is CN(C)c1ccc(CNc2nn3c(-c4cccc(OC(F)(F)F)c4)cnc3s2)cc1. The Balaban J connectivity index is 1.52. The van der Waals surface area contributed by atoms with Crippen molar-refractivity contribution in [3.63, 3.8) is 0 Å². The van der Waals surface area contributed by atoms with Crippen molar-refractivity contribution in [1.29, 1.82) is 0 Å². The molecule has 0 bridgehead atoms. The predicted molar refractivity (Wildman–Crippen MR) is 111 cm³/mol. The molecular weight excluding hydrogens is 415 g/mol. The summed E-state index contributed by atoms with van der Waals surface area (Å²) in [6, 6.07) is 13.9. The topological polar surface area (TPSA) is 54.7 Å². The number of imidazole rings is 1. The highest BCUT2D eigenvalue weighted by Crippen LogP contribution is 2.30. The van der Waals surface area contributed by atoms with Gasteiger partial charge in [0.25, 0.3) is 0 Å². The first-order valence-electron chi connectivity index (χ1n) is 8.99. The highest BCUT2D eigenvalue weighted by atomic mass is 32.1. The van der Waals surface area contributed by atoms with Gasteiger partial charge in [0.15, 0.2) is 0 Å². The van der Waals surface area contributed by atoms with Gasteiger partial charge in [0.1, 0.15) is 5.75 Å². The van der Waals surface area contributed by atoms with E-state index < -0.39 is 6.36 Å².